The first-order valence-electron chi connectivity index (χ1n) is 9.03. The number of hydrogen-bond acceptors (Lipinski definition) is 4. The van der Waals surface area contributed by atoms with E-state index in [0.29, 0.717) is 27.2 Å². The summed E-state index contributed by atoms with van der Waals surface area (Å²) in [5, 5.41) is 9.56. The molecular weight excluding hydrogens is 407 g/mol. The Morgan fingerprint density at radius 1 is 1.13 bits per heavy atom. The number of carbonyl (C=O) groups excluding carboxylic acids is 2. The molecule has 1 atom stereocenters. The number of anilines is 2. The first-order chi connectivity index (χ1) is 14.4. The Hall–Kier alpha value is -3.79. The molecule has 1 unspecified atom stereocenters. The van der Waals surface area contributed by atoms with Crippen LogP contribution in [0.3, 0.4) is 0 Å². The smallest absolute Gasteiger partial charge is 0.257 e. The van der Waals surface area contributed by atoms with Gasteiger partial charge in [-0.3, -0.25) is 14.3 Å². The van der Waals surface area contributed by atoms with Crippen molar-refractivity contribution >= 4 is 46.4 Å². The normalized spacial score (nSPS) is 11.9. The van der Waals surface area contributed by atoms with Gasteiger partial charge < -0.3 is 20.6 Å². The van der Waals surface area contributed by atoms with Crippen LogP contribution in [0.25, 0.3) is 11.0 Å². The Morgan fingerprint density at radius 3 is 2.63 bits per heavy atom. The van der Waals surface area contributed by atoms with Gasteiger partial charge in [0.25, 0.3) is 5.91 Å². The van der Waals surface area contributed by atoms with Crippen molar-refractivity contribution < 1.29 is 14.0 Å². The van der Waals surface area contributed by atoms with Crippen molar-refractivity contribution in [2.45, 2.75) is 13.0 Å². The van der Waals surface area contributed by atoms with E-state index in [-0.39, 0.29) is 11.5 Å². The molecule has 0 aliphatic rings. The van der Waals surface area contributed by atoms with Gasteiger partial charge in [-0.2, -0.15) is 5.10 Å². The Bertz CT molecular complexity index is 1290. The number of nitrogens with one attached hydrogen (secondary N) is 4. The first kappa shape index (κ1) is 19.5. The summed E-state index contributed by atoms with van der Waals surface area (Å²) in [6.07, 6.45) is 3.30. The molecule has 4 N–H and O–H groups in total. The van der Waals surface area contributed by atoms with Crippen LogP contribution in [-0.4, -0.2) is 31.6 Å². The van der Waals surface area contributed by atoms with E-state index in [0.717, 1.165) is 6.07 Å². The van der Waals surface area contributed by atoms with Crippen molar-refractivity contribution in [3.05, 3.63) is 71.0 Å². The van der Waals surface area contributed by atoms with Gasteiger partial charge in [0, 0.05) is 23.8 Å². The van der Waals surface area contributed by atoms with Crippen molar-refractivity contribution in [3.63, 3.8) is 0 Å². The molecule has 8 nitrogen and oxygen atoms in total. The third-order valence-corrected chi connectivity index (χ3v) is 4.73. The Kier molecular flexibility index (Phi) is 5.15. The maximum Gasteiger partial charge on any atom is 0.257 e. The number of amides is 2. The third-order valence-electron chi connectivity index (χ3n) is 4.52. The van der Waals surface area contributed by atoms with E-state index in [2.05, 4.69) is 25.7 Å². The van der Waals surface area contributed by atoms with Gasteiger partial charge in [0.2, 0.25) is 5.91 Å². The van der Waals surface area contributed by atoms with Crippen LogP contribution < -0.4 is 10.6 Å². The maximum atomic E-state index is 13.9. The van der Waals surface area contributed by atoms with Crippen LogP contribution in [0.1, 0.15) is 23.3 Å². The van der Waals surface area contributed by atoms with Gasteiger partial charge in [0.05, 0.1) is 16.6 Å². The van der Waals surface area contributed by atoms with Gasteiger partial charge in [-0.25, -0.2) is 4.39 Å². The minimum atomic E-state index is -0.563. The standard InChI is InChI=1S/C20H17FN6O2S/c1-11(27-7-3-6-22-27)18(28)23-13-4-2-5-14(10-13)24-19(29)15-8-12(21)9-16-17(15)26-20(30)25-16/h2-11H,1H3,(H,23,28)(H,24,29)(H2,25,26,30). The van der Waals surface area contributed by atoms with Gasteiger partial charge in [-0.15, -0.1) is 0 Å². The second-order valence-corrected chi connectivity index (χ2v) is 7.05. The average Bonchev–Trinajstić information content (AvgIpc) is 3.36. The zero-order valence-corrected chi connectivity index (χ0v) is 16.6. The van der Waals surface area contributed by atoms with E-state index >= 15 is 0 Å². The van der Waals surface area contributed by atoms with E-state index in [1.807, 2.05) is 0 Å². The van der Waals surface area contributed by atoms with Crippen molar-refractivity contribution in [1.82, 2.24) is 19.7 Å². The molecule has 4 aromatic rings. The fourth-order valence-corrected chi connectivity index (χ4v) is 3.25. The second kappa shape index (κ2) is 7.91. The number of fused-ring (bicyclic) bond motifs is 1. The fraction of sp³-hybridized carbons (Fsp3) is 0.100. The van der Waals surface area contributed by atoms with Crippen molar-refractivity contribution in [3.8, 4) is 0 Å². The second-order valence-electron chi connectivity index (χ2n) is 6.64. The number of carbonyl (C=O) groups is 2. The molecule has 2 aromatic carbocycles. The van der Waals surface area contributed by atoms with Crippen LogP contribution in [0, 0.1) is 10.6 Å². The molecule has 30 heavy (non-hydrogen) atoms. The van der Waals surface area contributed by atoms with Crippen LogP contribution in [0.2, 0.25) is 0 Å². The highest BCUT2D eigenvalue weighted by Crippen LogP contribution is 2.21. The predicted molar refractivity (Wildman–Crippen MR) is 113 cm³/mol. The number of hydrogen-bond donors (Lipinski definition) is 4. The monoisotopic (exact) mass is 424 g/mol. The molecule has 0 aliphatic heterocycles. The van der Waals surface area contributed by atoms with Crippen LogP contribution in [0.5, 0.6) is 0 Å². The van der Waals surface area contributed by atoms with E-state index in [9.17, 15) is 14.0 Å². The summed E-state index contributed by atoms with van der Waals surface area (Å²) in [6, 6.07) is 10.3. The lowest BCUT2D eigenvalue weighted by atomic mass is 10.1. The molecule has 0 saturated carbocycles. The predicted octanol–water partition coefficient (Wildman–Crippen LogP) is 4.01. The average molecular weight is 424 g/mol. The lowest BCUT2D eigenvalue weighted by molar-refractivity contribution is -0.119. The summed E-state index contributed by atoms with van der Waals surface area (Å²) < 4.78 is 15.7. The van der Waals surface area contributed by atoms with Crippen molar-refractivity contribution in [1.29, 1.82) is 0 Å². The summed E-state index contributed by atoms with van der Waals surface area (Å²) in [5.41, 5.74) is 1.87. The Labute approximate surface area is 175 Å². The van der Waals surface area contributed by atoms with Gasteiger partial charge in [-0.1, -0.05) is 6.07 Å². The number of nitrogens with zero attached hydrogens (tertiary/aromatic N) is 2. The van der Waals surface area contributed by atoms with E-state index in [4.69, 9.17) is 12.2 Å². The van der Waals surface area contributed by atoms with E-state index in [1.165, 1.54) is 10.7 Å². The fourth-order valence-electron chi connectivity index (χ4n) is 3.04. The molecule has 2 aromatic heterocycles. The number of aromatic amines is 2. The number of benzene rings is 2. The molecule has 152 valence electrons. The number of imidazole rings is 1. The summed E-state index contributed by atoms with van der Waals surface area (Å²) >= 11 is 5.03. The number of halogens is 1. The molecule has 0 aliphatic carbocycles. The number of H-pyrrole nitrogens is 2. The minimum Gasteiger partial charge on any atom is -0.331 e. The summed E-state index contributed by atoms with van der Waals surface area (Å²) in [4.78, 5) is 30.8. The molecule has 2 amide bonds. The van der Waals surface area contributed by atoms with Crippen molar-refractivity contribution in [2.75, 3.05) is 10.6 Å². The SMILES string of the molecule is CC(C(=O)Nc1cccc(NC(=O)c2cc(F)cc3[nH]c(=S)[nH]c23)c1)n1cccn1. The highest BCUT2D eigenvalue weighted by atomic mass is 32.1. The summed E-state index contributed by atoms with van der Waals surface area (Å²) in [6.45, 7) is 1.73. The van der Waals surface area contributed by atoms with Gasteiger partial charge >= 0.3 is 0 Å². The zero-order valence-electron chi connectivity index (χ0n) is 15.8. The highest BCUT2D eigenvalue weighted by molar-refractivity contribution is 7.71. The quantitative estimate of drug-likeness (QED) is 0.363. The molecule has 4 rings (SSSR count). The van der Waals surface area contributed by atoms with Crippen LogP contribution in [0.15, 0.2) is 54.9 Å². The Balaban J connectivity index is 1.53. The van der Waals surface area contributed by atoms with Crippen LogP contribution >= 0.6 is 12.2 Å². The zero-order chi connectivity index (χ0) is 21.3. The molecule has 0 fully saturated rings. The molecule has 10 heteroatoms. The molecule has 0 spiro atoms. The number of aromatic nitrogens is 4. The summed E-state index contributed by atoms with van der Waals surface area (Å²) in [5.74, 6) is -1.33. The van der Waals surface area contributed by atoms with Crippen molar-refractivity contribution in [2.24, 2.45) is 0 Å². The van der Waals surface area contributed by atoms with Crippen LogP contribution in [0.4, 0.5) is 15.8 Å². The highest BCUT2D eigenvalue weighted by Gasteiger charge is 2.17. The van der Waals surface area contributed by atoms with E-state index < -0.39 is 17.8 Å². The van der Waals surface area contributed by atoms with Gasteiger partial charge in [0.1, 0.15) is 11.9 Å². The number of rotatable bonds is 5. The minimum absolute atomic E-state index is 0.110. The summed E-state index contributed by atoms with van der Waals surface area (Å²) in [7, 11) is 0. The molecule has 0 bridgehead atoms. The van der Waals surface area contributed by atoms with Crippen LogP contribution in [-0.2, 0) is 4.79 Å². The van der Waals surface area contributed by atoms with Gasteiger partial charge in [0.15, 0.2) is 4.77 Å². The lowest BCUT2D eigenvalue weighted by Gasteiger charge is -2.13. The largest absolute Gasteiger partial charge is 0.331 e. The molecular formula is C20H17FN6O2S. The Morgan fingerprint density at radius 2 is 1.90 bits per heavy atom. The molecule has 0 saturated heterocycles. The van der Waals surface area contributed by atoms with Gasteiger partial charge in [-0.05, 0) is 55.5 Å². The lowest BCUT2D eigenvalue weighted by Crippen LogP contribution is -2.24. The topological polar surface area (TPSA) is 108 Å². The molecule has 2 heterocycles. The molecule has 0 radical (unpaired) electrons. The third kappa shape index (κ3) is 3.98. The first-order valence-corrected chi connectivity index (χ1v) is 9.44. The maximum absolute atomic E-state index is 13.9. The van der Waals surface area contributed by atoms with E-state index in [1.54, 1.807) is 49.6 Å².